The minimum absolute atomic E-state index is 0.833. The Hall–Kier alpha value is -0.115. The van der Waals surface area contributed by atoms with Crippen LogP contribution < -0.4 is 0 Å². The molecule has 0 N–H and O–H groups in total. The van der Waals surface area contributed by atoms with Crippen molar-refractivity contribution in [2.24, 2.45) is 0 Å². The summed E-state index contributed by atoms with van der Waals surface area (Å²) in [5, 5.41) is 0. The maximum atomic E-state index is 11.1. The van der Waals surface area contributed by atoms with Crippen molar-refractivity contribution < 1.29 is 8.63 Å². The van der Waals surface area contributed by atoms with Crippen molar-refractivity contribution in [1.82, 2.24) is 4.81 Å². The highest BCUT2D eigenvalue weighted by atomic mass is 19.2. The fraction of sp³-hybridized carbons (Fsp3) is 1.00. The van der Waals surface area contributed by atoms with Crippen LogP contribution in [-0.2, 0) is 0 Å². The van der Waals surface area contributed by atoms with E-state index in [1.807, 2.05) is 0 Å². The summed E-state index contributed by atoms with van der Waals surface area (Å²) in [5.41, 5.74) is 0. The Balaban J connectivity index is 2.99. The number of rotatable bonds is 1. The number of nitrogens with zero attached hydrogens (tertiary/aromatic N) is 1. The fourth-order valence-electron chi connectivity index (χ4n) is 0. The average Bonchev–Trinajstić information content (AvgIpc) is 1.36. The Morgan fingerprint density at radius 3 is 1.50 bits per heavy atom. The van der Waals surface area contributed by atoms with Crippen LogP contribution in [0.5, 0.6) is 0 Å². The van der Waals surface area contributed by atoms with Gasteiger partial charge < -0.3 is 0 Å². The zero-order valence-electron chi connectivity index (χ0n) is 3.78. The minimum atomic E-state index is -2.31. The first-order chi connectivity index (χ1) is 2.64. The van der Waals surface area contributed by atoms with Gasteiger partial charge in [0.1, 0.15) is 0 Å². The molecule has 0 fully saturated rings. The Morgan fingerprint density at radius 1 is 1.33 bits per heavy atom. The van der Waals surface area contributed by atoms with Crippen LogP contribution in [0.25, 0.3) is 0 Å². The van der Waals surface area contributed by atoms with E-state index in [1.165, 1.54) is 14.1 Å². The van der Waals surface area contributed by atoms with E-state index in [1.54, 1.807) is 0 Å². The predicted molar refractivity (Wildman–Crippen MR) is 21.7 cm³/mol. The minimum Gasteiger partial charge on any atom is -0.289 e. The predicted octanol–water partition coefficient (Wildman–Crippen LogP) is 0.472. The molecule has 1 nitrogen and oxygen atoms in total. The lowest BCUT2D eigenvalue weighted by Crippen LogP contribution is -2.22. The molecule has 0 bridgehead atoms. The third-order valence-electron chi connectivity index (χ3n) is 0.390. The molecule has 0 unspecified atom stereocenters. The molecule has 0 amide bonds. The molecule has 0 spiro atoms. The lowest BCUT2D eigenvalue weighted by molar-refractivity contribution is 0.481. The van der Waals surface area contributed by atoms with Gasteiger partial charge in [-0.2, -0.15) is 0 Å². The molecular formula is C2H6BF2N. The Bertz CT molecular complexity index is 32.5. The average molecular weight is 92.9 g/mol. The summed E-state index contributed by atoms with van der Waals surface area (Å²) in [6, 6.07) is 0. The molecule has 0 aromatic rings. The molecule has 0 radical (unpaired) electrons. The molecule has 0 heterocycles. The molecule has 0 atom stereocenters. The first-order valence-electron chi connectivity index (χ1n) is 1.59. The number of hydrogen-bond donors (Lipinski definition) is 0. The second-order valence-corrected chi connectivity index (χ2v) is 1.24. The molecule has 0 saturated heterocycles. The van der Waals surface area contributed by atoms with Crippen LogP contribution in [-0.4, -0.2) is 26.3 Å². The molecule has 6 heavy (non-hydrogen) atoms. The molecule has 0 aliphatic heterocycles. The van der Waals surface area contributed by atoms with E-state index in [0.717, 1.165) is 4.81 Å². The highest BCUT2D eigenvalue weighted by Gasteiger charge is 2.14. The highest BCUT2D eigenvalue weighted by molar-refractivity contribution is 6.38. The van der Waals surface area contributed by atoms with Crippen molar-refractivity contribution in [3.05, 3.63) is 0 Å². The molecule has 0 aliphatic rings. The first-order valence-corrected chi connectivity index (χ1v) is 1.59. The summed E-state index contributed by atoms with van der Waals surface area (Å²) in [6.45, 7) is 0. The van der Waals surface area contributed by atoms with Gasteiger partial charge in [0, 0.05) is 0 Å². The Kier molecular flexibility index (Phi) is 2.09. The fourth-order valence-corrected chi connectivity index (χ4v) is 0. The van der Waals surface area contributed by atoms with Crippen LogP contribution in [0.4, 0.5) is 8.63 Å². The molecule has 36 valence electrons. The molecule has 0 rings (SSSR count). The molecule has 0 aliphatic carbocycles. The maximum Gasteiger partial charge on any atom is 0.636 e. The van der Waals surface area contributed by atoms with Gasteiger partial charge in [-0.25, -0.2) is 0 Å². The van der Waals surface area contributed by atoms with Gasteiger partial charge in [0.25, 0.3) is 0 Å². The molecular weight excluding hydrogens is 86.8 g/mol. The van der Waals surface area contributed by atoms with E-state index >= 15 is 0 Å². The van der Waals surface area contributed by atoms with E-state index < -0.39 is 7.40 Å². The van der Waals surface area contributed by atoms with E-state index in [-0.39, 0.29) is 0 Å². The van der Waals surface area contributed by atoms with Crippen LogP contribution >= 0.6 is 0 Å². The van der Waals surface area contributed by atoms with Gasteiger partial charge in [-0.1, -0.05) is 0 Å². The van der Waals surface area contributed by atoms with E-state index in [4.69, 9.17) is 0 Å². The van der Waals surface area contributed by atoms with Crippen molar-refractivity contribution >= 4 is 7.40 Å². The van der Waals surface area contributed by atoms with Crippen molar-refractivity contribution in [3.63, 3.8) is 0 Å². The van der Waals surface area contributed by atoms with E-state index in [2.05, 4.69) is 0 Å². The normalized spacial score (nSPS) is 9.50. The second-order valence-electron chi connectivity index (χ2n) is 1.24. The zero-order chi connectivity index (χ0) is 5.15. The van der Waals surface area contributed by atoms with Crippen LogP contribution in [0.1, 0.15) is 0 Å². The van der Waals surface area contributed by atoms with Crippen LogP contribution in [0.2, 0.25) is 0 Å². The monoisotopic (exact) mass is 93.1 g/mol. The lowest BCUT2D eigenvalue weighted by atomic mass is 10.2. The lowest BCUT2D eigenvalue weighted by Gasteiger charge is -1.99. The number of halogens is 2. The quantitative estimate of drug-likeness (QED) is 0.426. The molecule has 0 saturated carbocycles. The van der Waals surface area contributed by atoms with Crippen LogP contribution in [0.15, 0.2) is 0 Å². The summed E-state index contributed by atoms with van der Waals surface area (Å²) in [6.07, 6.45) is 0. The van der Waals surface area contributed by atoms with Crippen LogP contribution in [0.3, 0.4) is 0 Å². The third-order valence-corrected chi connectivity index (χ3v) is 0.390. The number of hydrogen-bond acceptors (Lipinski definition) is 1. The standard InChI is InChI=1S/C2H6BF2N/c1-6(2)3(4)5/h1-2H3. The Morgan fingerprint density at radius 2 is 1.50 bits per heavy atom. The van der Waals surface area contributed by atoms with Gasteiger partial charge in [-0.05, 0) is 14.1 Å². The summed E-state index contributed by atoms with van der Waals surface area (Å²) in [7, 11) is 0.333. The molecule has 0 aromatic heterocycles. The SMILES string of the molecule is CN(C)B(F)F. The maximum absolute atomic E-state index is 11.1. The van der Waals surface area contributed by atoms with Gasteiger partial charge in [-0.15, -0.1) is 0 Å². The van der Waals surface area contributed by atoms with Crippen molar-refractivity contribution in [2.45, 2.75) is 0 Å². The zero-order valence-corrected chi connectivity index (χ0v) is 3.78. The van der Waals surface area contributed by atoms with Crippen molar-refractivity contribution in [1.29, 1.82) is 0 Å². The van der Waals surface area contributed by atoms with Crippen LogP contribution in [0, 0.1) is 0 Å². The Labute approximate surface area is 36.1 Å². The van der Waals surface area contributed by atoms with Gasteiger partial charge in [0.15, 0.2) is 0 Å². The summed E-state index contributed by atoms with van der Waals surface area (Å²) < 4.78 is 22.2. The summed E-state index contributed by atoms with van der Waals surface area (Å²) >= 11 is 0. The van der Waals surface area contributed by atoms with Gasteiger partial charge in [0.05, 0.1) is 0 Å². The van der Waals surface area contributed by atoms with Gasteiger partial charge >= 0.3 is 7.40 Å². The second kappa shape index (κ2) is 2.13. The smallest absolute Gasteiger partial charge is 0.289 e. The van der Waals surface area contributed by atoms with Crippen molar-refractivity contribution in [2.75, 3.05) is 14.1 Å². The van der Waals surface area contributed by atoms with Gasteiger partial charge in [-0.3, -0.25) is 13.4 Å². The third kappa shape index (κ3) is 2.14. The topological polar surface area (TPSA) is 3.24 Å². The highest BCUT2D eigenvalue weighted by Crippen LogP contribution is 1.85. The summed E-state index contributed by atoms with van der Waals surface area (Å²) in [5.74, 6) is 0. The first kappa shape index (κ1) is 5.88. The van der Waals surface area contributed by atoms with E-state index in [0.29, 0.717) is 0 Å². The molecule has 4 heteroatoms. The van der Waals surface area contributed by atoms with Crippen molar-refractivity contribution in [3.8, 4) is 0 Å². The van der Waals surface area contributed by atoms with E-state index in [9.17, 15) is 8.63 Å². The molecule has 0 aromatic carbocycles. The largest absolute Gasteiger partial charge is 0.636 e. The summed E-state index contributed by atoms with van der Waals surface area (Å²) in [4.78, 5) is 0.833. The van der Waals surface area contributed by atoms with Gasteiger partial charge in [0.2, 0.25) is 0 Å².